The number of amides is 1. The van der Waals surface area contributed by atoms with E-state index in [0.29, 0.717) is 0 Å². The van der Waals surface area contributed by atoms with Crippen molar-refractivity contribution >= 4 is 11.8 Å². The van der Waals surface area contributed by atoms with Crippen LogP contribution < -0.4 is 5.32 Å². The molecule has 11 heteroatoms. The van der Waals surface area contributed by atoms with E-state index in [-0.39, 0.29) is 12.3 Å². The molecular formula is C17H22N2O9. The summed E-state index contributed by atoms with van der Waals surface area (Å²) >= 11 is 0. The van der Waals surface area contributed by atoms with Crippen LogP contribution in [0.5, 0.6) is 0 Å². The van der Waals surface area contributed by atoms with Gasteiger partial charge in [0.1, 0.15) is 29.3 Å². The van der Waals surface area contributed by atoms with Crippen molar-refractivity contribution in [3.63, 3.8) is 0 Å². The van der Waals surface area contributed by atoms with Gasteiger partial charge in [0.25, 0.3) is 5.91 Å². The third-order valence-corrected chi connectivity index (χ3v) is 4.71. The number of rotatable bonds is 4. The Kier molecular flexibility index (Phi) is 4.47. The van der Waals surface area contributed by atoms with Crippen molar-refractivity contribution in [3.8, 4) is 0 Å². The lowest BCUT2D eigenvalue weighted by Gasteiger charge is -2.37. The number of nitrogens with one attached hydrogen (secondary N) is 1. The molecule has 1 aromatic heterocycles. The lowest BCUT2D eigenvalue weighted by molar-refractivity contribution is -0.402. The number of nitro groups is 1. The van der Waals surface area contributed by atoms with E-state index in [4.69, 9.17) is 28.1 Å². The molecule has 11 nitrogen and oxygen atoms in total. The van der Waals surface area contributed by atoms with Crippen LogP contribution in [0.15, 0.2) is 16.5 Å². The van der Waals surface area contributed by atoms with Crippen LogP contribution in [0.25, 0.3) is 0 Å². The van der Waals surface area contributed by atoms with Crippen LogP contribution >= 0.6 is 0 Å². The van der Waals surface area contributed by atoms with Gasteiger partial charge in [-0.05, 0) is 33.8 Å². The minimum atomic E-state index is -0.840. The first-order chi connectivity index (χ1) is 13.0. The Morgan fingerprint density at radius 1 is 1.07 bits per heavy atom. The summed E-state index contributed by atoms with van der Waals surface area (Å²) in [5.41, 5.74) is 0. The van der Waals surface area contributed by atoms with Gasteiger partial charge in [-0.3, -0.25) is 14.9 Å². The molecule has 0 unspecified atom stereocenters. The number of fused-ring (bicyclic) bond motifs is 3. The molecule has 0 spiro atoms. The summed E-state index contributed by atoms with van der Waals surface area (Å²) in [6, 6.07) is 2.36. The Balaban J connectivity index is 1.46. The van der Waals surface area contributed by atoms with Crippen LogP contribution in [0.1, 0.15) is 38.2 Å². The van der Waals surface area contributed by atoms with Gasteiger partial charge in [0.05, 0.1) is 6.07 Å². The van der Waals surface area contributed by atoms with Crippen molar-refractivity contribution in [1.82, 2.24) is 5.32 Å². The molecule has 0 aliphatic carbocycles. The average molecular weight is 398 g/mol. The number of carbonyl (C=O) groups excluding carboxylic acids is 1. The first-order valence-electron chi connectivity index (χ1n) is 8.94. The smallest absolute Gasteiger partial charge is 0.395 e. The molecule has 3 saturated heterocycles. The zero-order valence-electron chi connectivity index (χ0n) is 15.9. The Morgan fingerprint density at radius 2 is 1.71 bits per heavy atom. The molecule has 0 saturated carbocycles. The van der Waals surface area contributed by atoms with Gasteiger partial charge in [-0.2, -0.15) is 0 Å². The predicted molar refractivity (Wildman–Crippen MR) is 90.2 cm³/mol. The maximum atomic E-state index is 12.3. The predicted octanol–water partition coefficient (Wildman–Crippen LogP) is 1.31. The van der Waals surface area contributed by atoms with E-state index >= 15 is 0 Å². The van der Waals surface area contributed by atoms with Crippen LogP contribution in [-0.4, -0.2) is 59.7 Å². The summed E-state index contributed by atoms with van der Waals surface area (Å²) < 4.78 is 34.6. The van der Waals surface area contributed by atoms with Gasteiger partial charge < -0.3 is 33.4 Å². The average Bonchev–Trinajstić information content (AvgIpc) is 3.25. The van der Waals surface area contributed by atoms with Gasteiger partial charge >= 0.3 is 5.88 Å². The second-order valence-corrected chi connectivity index (χ2v) is 7.81. The number of carbonyl (C=O) groups is 1. The molecule has 4 heterocycles. The Hall–Kier alpha value is -2.05. The quantitative estimate of drug-likeness (QED) is 0.589. The molecule has 4 rings (SSSR count). The van der Waals surface area contributed by atoms with Crippen molar-refractivity contribution in [3.05, 3.63) is 28.0 Å². The van der Waals surface area contributed by atoms with Crippen LogP contribution in [0.3, 0.4) is 0 Å². The second-order valence-electron chi connectivity index (χ2n) is 7.81. The van der Waals surface area contributed by atoms with E-state index in [1.165, 1.54) is 6.07 Å². The summed E-state index contributed by atoms with van der Waals surface area (Å²) in [5, 5.41) is 13.3. The monoisotopic (exact) mass is 398 g/mol. The van der Waals surface area contributed by atoms with Gasteiger partial charge in [0, 0.05) is 6.54 Å². The van der Waals surface area contributed by atoms with Crippen LogP contribution in [0, 0.1) is 10.1 Å². The molecule has 3 fully saturated rings. The van der Waals surface area contributed by atoms with Gasteiger partial charge in [0.15, 0.2) is 23.6 Å². The fourth-order valence-corrected chi connectivity index (χ4v) is 3.69. The number of nitrogens with zero attached hydrogens (tertiary/aromatic N) is 1. The van der Waals surface area contributed by atoms with E-state index in [9.17, 15) is 14.9 Å². The maximum absolute atomic E-state index is 12.3. The molecule has 154 valence electrons. The summed E-state index contributed by atoms with van der Waals surface area (Å²) in [5.74, 6) is -2.94. The molecule has 3 aliphatic heterocycles. The summed E-state index contributed by atoms with van der Waals surface area (Å²) in [4.78, 5) is 22.2. The van der Waals surface area contributed by atoms with E-state index in [1.54, 1.807) is 27.7 Å². The van der Waals surface area contributed by atoms with Crippen molar-refractivity contribution in [2.45, 2.75) is 70.0 Å². The third kappa shape index (κ3) is 3.51. The normalized spacial score (nSPS) is 35.2. The minimum Gasteiger partial charge on any atom is -0.395 e. The van der Waals surface area contributed by atoms with Crippen LogP contribution in [0.2, 0.25) is 0 Å². The van der Waals surface area contributed by atoms with Crippen molar-refractivity contribution < 1.29 is 37.8 Å². The first-order valence-corrected chi connectivity index (χ1v) is 8.94. The highest BCUT2D eigenvalue weighted by Gasteiger charge is 2.60. The Morgan fingerprint density at radius 3 is 2.39 bits per heavy atom. The molecule has 28 heavy (non-hydrogen) atoms. The number of hydrogen-bond donors (Lipinski definition) is 1. The standard InChI is InChI=1S/C17H22N2O9/c1-16(2)25-11-9(7-18-14(20)8-5-6-10(23-8)19(21)22)24-15-13(12(11)26-16)27-17(3,4)28-15/h5-6,9,11-13,15H,7H2,1-4H3,(H,18,20)/t9-,11-,12-,13-,15+/m1/s1. The second kappa shape index (κ2) is 6.49. The molecule has 5 atom stereocenters. The zero-order valence-corrected chi connectivity index (χ0v) is 15.9. The highest BCUT2D eigenvalue weighted by Crippen LogP contribution is 2.43. The Bertz CT molecular complexity index is 789. The topological polar surface area (TPSA) is 132 Å². The fourth-order valence-electron chi connectivity index (χ4n) is 3.69. The largest absolute Gasteiger partial charge is 0.433 e. The van der Waals surface area contributed by atoms with Crippen LogP contribution in [0.4, 0.5) is 5.88 Å². The molecule has 1 amide bonds. The zero-order chi connectivity index (χ0) is 20.3. The fraction of sp³-hybridized carbons (Fsp3) is 0.706. The highest BCUT2D eigenvalue weighted by molar-refractivity contribution is 5.91. The van der Waals surface area contributed by atoms with Crippen molar-refractivity contribution in [2.75, 3.05) is 6.54 Å². The lowest BCUT2D eigenvalue weighted by atomic mass is 9.99. The minimum absolute atomic E-state index is 0.0704. The molecule has 0 bridgehead atoms. The van der Waals surface area contributed by atoms with Gasteiger partial charge in [0.2, 0.25) is 0 Å². The van der Waals surface area contributed by atoms with E-state index < -0.39 is 59.0 Å². The molecule has 0 radical (unpaired) electrons. The van der Waals surface area contributed by atoms with Crippen molar-refractivity contribution in [1.29, 1.82) is 0 Å². The number of ether oxygens (including phenoxy) is 5. The van der Waals surface area contributed by atoms with E-state index in [1.807, 2.05) is 0 Å². The number of hydrogen-bond acceptors (Lipinski definition) is 9. The maximum Gasteiger partial charge on any atom is 0.433 e. The molecular weight excluding hydrogens is 376 g/mol. The molecule has 3 aliphatic rings. The van der Waals surface area contributed by atoms with Gasteiger partial charge in [-0.25, -0.2) is 0 Å². The SMILES string of the molecule is CC1(C)O[C@@H]2O[C@H](CNC(=O)c3ccc([N+](=O)[O-])o3)[C@H]3OC(C)(C)O[C@H]3[C@H]2O1. The molecule has 1 aromatic rings. The summed E-state index contributed by atoms with van der Waals surface area (Å²) in [6.45, 7) is 7.22. The third-order valence-electron chi connectivity index (χ3n) is 4.71. The number of furan rings is 1. The summed E-state index contributed by atoms with van der Waals surface area (Å²) in [7, 11) is 0. The van der Waals surface area contributed by atoms with Crippen LogP contribution in [-0.2, 0) is 23.7 Å². The van der Waals surface area contributed by atoms with Crippen molar-refractivity contribution in [2.24, 2.45) is 0 Å². The van der Waals surface area contributed by atoms with E-state index in [0.717, 1.165) is 6.07 Å². The summed E-state index contributed by atoms with van der Waals surface area (Å²) in [6.07, 6.45) is -2.61. The van der Waals surface area contributed by atoms with Gasteiger partial charge in [-0.15, -0.1) is 0 Å². The molecule has 0 aromatic carbocycles. The van der Waals surface area contributed by atoms with Gasteiger partial charge in [-0.1, -0.05) is 0 Å². The van der Waals surface area contributed by atoms with E-state index in [2.05, 4.69) is 5.32 Å². The first kappa shape index (κ1) is 19.3. The lowest BCUT2D eigenvalue weighted by Crippen LogP contribution is -2.57. The molecule has 1 N–H and O–H groups in total. The Labute approximate surface area is 160 Å². The highest BCUT2D eigenvalue weighted by atomic mass is 16.9.